The van der Waals surface area contributed by atoms with Gasteiger partial charge in [-0.1, -0.05) is 0 Å². The molecule has 0 spiro atoms. The minimum Gasteiger partial charge on any atom is -0.306 e. The van der Waals surface area contributed by atoms with Crippen LogP contribution in [0, 0.1) is 33.6 Å². The molecule has 2 heteroatoms. The molecule has 0 amide bonds. The lowest BCUT2D eigenvalue weighted by Crippen LogP contribution is -2.41. The van der Waals surface area contributed by atoms with E-state index in [1.807, 2.05) is 0 Å². The minimum absolute atomic E-state index is 0.384. The van der Waals surface area contributed by atoms with Crippen molar-refractivity contribution < 1.29 is 4.79 Å². The van der Waals surface area contributed by atoms with Gasteiger partial charge in [-0.3, -0.25) is 4.79 Å². The number of ketones is 1. The Morgan fingerprint density at radius 2 is 1.65 bits per heavy atom. The third-order valence-corrected chi connectivity index (χ3v) is 5.79. The maximum absolute atomic E-state index is 12.6. The lowest BCUT2D eigenvalue weighted by atomic mass is 9.67. The molecule has 1 fully saturated rings. The minimum atomic E-state index is 0.384. The van der Waals surface area contributed by atoms with Gasteiger partial charge in [-0.15, -0.1) is 0 Å². The van der Waals surface area contributed by atoms with E-state index in [9.17, 15) is 4.79 Å². The zero-order valence-electron chi connectivity index (χ0n) is 13.3. The van der Waals surface area contributed by atoms with Gasteiger partial charge in [0.1, 0.15) is 0 Å². The van der Waals surface area contributed by atoms with Crippen molar-refractivity contribution in [2.75, 3.05) is 20.1 Å². The summed E-state index contributed by atoms with van der Waals surface area (Å²) in [5.74, 6) is 1.50. The standard InChI is InChI=1S/C18H25NO/c1-10-11(2)13(4)18-16(20)8-14-6-7-19(5)9-15(14)17(18)12(10)3/h14-15H,6-9H2,1-5H3/t14-,15-/m1/s1. The van der Waals surface area contributed by atoms with Crippen molar-refractivity contribution in [1.29, 1.82) is 0 Å². The van der Waals surface area contributed by atoms with E-state index in [0.717, 1.165) is 31.5 Å². The van der Waals surface area contributed by atoms with Crippen molar-refractivity contribution in [3.63, 3.8) is 0 Å². The van der Waals surface area contributed by atoms with Gasteiger partial charge in [-0.2, -0.15) is 0 Å². The van der Waals surface area contributed by atoms with E-state index in [1.165, 1.54) is 27.8 Å². The fraction of sp³-hybridized carbons (Fsp3) is 0.611. The van der Waals surface area contributed by atoms with E-state index in [0.29, 0.717) is 17.6 Å². The second-order valence-electron chi connectivity index (χ2n) is 6.83. The van der Waals surface area contributed by atoms with Crippen molar-refractivity contribution in [3.05, 3.63) is 33.4 Å². The second-order valence-corrected chi connectivity index (χ2v) is 6.83. The molecule has 1 saturated heterocycles. The molecule has 20 heavy (non-hydrogen) atoms. The summed E-state index contributed by atoms with van der Waals surface area (Å²) in [7, 11) is 2.20. The van der Waals surface area contributed by atoms with Gasteiger partial charge in [0.25, 0.3) is 0 Å². The number of carbonyl (C=O) groups is 1. The summed E-state index contributed by atoms with van der Waals surface area (Å²) in [5.41, 5.74) is 7.70. The highest BCUT2D eigenvalue weighted by atomic mass is 16.1. The molecule has 1 aliphatic carbocycles. The van der Waals surface area contributed by atoms with E-state index < -0.39 is 0 Å². The van der Waals surface area contributed by atoms with Crippen molar-refractivity contribution >= 4 is 5.78 Å². The molecule has 0 N–H and O–H groups in total. The Kier molecular flexibility index (Phi) is 3.24. The van der Waals surface area contributed by atoms with Crippen LogP contribution in [0.5, 0.6) is 0 Å². The fourth-order valence-electron chi connectivity index (χ4n) is 4.24. The molecule has 0 unspecified atom stereocenters. The Hall–Kier alpha value is -1.15. The summed E-state index contributed by atoms with van der Waals surface area (Å²) >= 11 is 0. The number of fused-ring (bicyclic) bond motifs is 3. The first-order valence-electron chi connectivity index (χ1n) is 7.73. The first-order chi connectivity index (χ1) is 9.41. The van der Waals surface area contributed by atoms with Gasteiger partial charge in [-0.25, -0.2) is 0 Å². The smallest absolute Gasteiger partial charge is 0.163 e. The summed E-state index contributed by atoms with van der Waals surface area (Å²) in [6.07, 6.45) is 1.92. The first kappa shape index (κ1) is 13.8. The van der Waals surface area contributed by atoms with Crippen LogP contribution in [-0.2, 0) is 0 Å². The molecule has 1 aliphatic heterocycles. The van der Waals surface area contributed by atoms with E-state index in [1.54, 1.807) is 0 Å². The normalized spacial score (nSPS) is 26.4. The molecule has 0 saturated carbocycles. The van der Waals surface area contributed by atoms with Gasteiger partial charge in [0.05, 0.1) is 0 Å². The SMILES string of the molecule is Cc1c(C)c(C)c2c(c1C)C(=O)C[C@H]1CCN(C)C[C@@H]21. The summed E-state index contributed by atoms with van der Waals surface area (Å²) in [6.45, 7) is 10.9. The number of benzene rings is 1. The molecule has 2 nitrogen and oxygen atoms in total. The summed E-state index contributed by atoms with van der Waals surface area (Å²) in [4.78, 5) is 15.1. The maximum atomic E-state index is 12.6. The zero-order chi connectivity index (χ0) is 14.6. The lowest BCUT2D eigenvalue weighted by molar-refractivity contribution is 0.0885. The van der Waals surface area contributed by atoms with Crippen LogP contribution in [0.25, 0.3) is 0 Å². The van der Waals surface area contributed by atoms with Crippen LogP contribution < -0.4 is 0 Å². The summed E-state index contributed by atoms with van der Waals surface area (Å²) in [6, 6.07) is 0. The highest BCUT2D eigenvalue weighted by Gasteiger charge is 2.39. The van der Waals surface area contributed by atoms with Crippen molar-refractivity contribution in [3.8, 4) is 0 Å². The van der Waals surface area contributed by atoms with Crippen LogP contribution in [0.15, 0.2) is 0 Å². The number of carbonyl (C=O) groups excluding carboxylic acids is 1. The monoisotopic (exact) mass is 271 g/mol. The first-order valence-corrected chi connectivity index (χ1v) is 7.73. The third kappa shape index (κ3) is 1.85. The van der Waals surface area contributed by atoms with Gasteiger partial charge in [0, 0.05) is 24.4 Å². The van der Waals surface area contributed by atoms with Gasteiger partial charge in [0.2, 0.25) is 0 Å². The molecular formula is C18H25NO. The van der Waals surface area contributed by atoms with Crippen LogP contribution in [0.3, 0.4) is 0 Å². The van der Waals surface area contributed by atoms with E-state index in [-0.39, 0.29) is 0 Å². The largest absolute Gasteiger partial charge is 0.306 e. The number of hydrogen-bond acceptors (Lipinski definition) is 2. The van der Waals surface area contributed by atoms with Gasteiger partial charge in [-0.05, 0) is 81.4 Å². The summed E-state index contributed by atoms with van der Waals surface area (Å²) in [5, 5.41) is 0. The average Bonchev–Trinajstić information content (AvgIpc) is 2.42. The molecule has 3 rings (SSSR count). The number of rotatable bonds is 0. The molecule has 1 heterocycles. The number of Topliss-reactive ketones (excluding diaryl/α,β-unsaturated/α-hetero) is 1. The van der Waals surface area contributed by atoms with Gasteiger partial charge >= 0.3 is 0 Å². The van der Waals surface area contributed by atoms with Crippen molar-refractivity contribution in [2.24, 2.45) is 5.92 Å². The van der Waals surface area contributed by atoms with Crippen LogP contribution in [0.1, 0.15) is 56.9 Å². The Bertz CT molecular complexity index is 588. The Labute approximate surface area is 122 Å². The van der Waals surface area contributed by atoms with Crippen LogP contribution in [0.2, 0.25) is 0 Å². The molecule has 0 bridgehead atoms. The number of likely N-dealkylation sites (tertiary alicyclic amines) is 1. The molecule has 108 valence electrons. The fourth-order valence-corrected chi connectivity index (χ4v) is 4.24. The van der Waals surface area contributed by atoms with Crippen molar-refractivity contribution in [1.82, 2.24) is 4.90 Å². The maximum Gasteiger partial charge on any atom is 0.163 e. The molecule has 2 atom stereocenters. The lowest BCUT2D eigenvalue weighted by Gasteiger charge is -2.42. The molecular weight excluding hydrogens is 246 g/mol. The van der Waals surface area contributed by atoms with E-state index in [2.05, 4.69) is 39.6 Å². The number of piperidine rings is 1. The van der Waals surface area contributed by atoms with Gasteiger partial charge in [0.15, 0.2) is 5.78 Å². The van der Waals surface area contributed by atoms with E-state index in [4.69, 9.17) is 0 Å². The Balaban J connectivity index is 2.24. The average molecular weight is 271 g/mol. The van der Waals surface area contributed by atoms with E-state index >= 15 is 0 Å². The molecule has 0 radical (unpaired) electrons. The Morgan fingerprint density at radius 1 is 1.00 bits per heavy atom. The molecule has 2 aliphatic rings. The molecule has 0 aromatic heterocycles. The zero-order valence-corrected chi connectivity index (χ0v) is 13.3. The van der Waals surface area contributed by atoms with Gasteiger partial charge < -0.3 is 4.90 Å². The number of nitrogens with zero attached hydrogens (tertiary/aromatic N) is 1. The third-order valence-electron chi connectivity index (χ3n) is 5.79. The topological polar surface area (TPSA) is 20.3 Å². The van der Waals surface area contributed by atoms with Crippen molar-refractivity contribution in [2.45, 2.75) is 46.5 Å². The van der Waals surface area contributed by atoms with Crippen LogP contribution in [0.4, 0.5) is 0 Å². The summed E-state index contributed by atoms with van der Waals surface area (Å²) < 4.78 is 0. The van der Waals surface area contributed by atoms with Crippen LogP contribution >= 0.6 is 0 Å². The second kappa shape index (κ2) is 4.70. The predicted molar refractivity (Wildman–Crippen MR) is 82.7 cm³/mol. The number of likely N-dealkylation sites (N-methyl/N-ethyl adjacent to an activating group) is 1. The Morgan fingerprint density at radius 3 is 2.35 bits per heavy atom. The highest BCUT2D eigenvalue weighted by Crippen LogP contribution is 2.44. The number of hydrogen-bond donors (Lipinski definition) is 0. The molecule has 1 aromatic carbocycles. The molecule has 1 aromatic rings. The predicted octanol–water partition coefficient (Wildman–Crippen LogP) is 3.54. The quantitative estimate of drug-likeness (QED) is 0.719. The van der Waals surface area contributed by atoms with Crippen LogP contribution in [-0.4, -0.2) is 30.8 Å². The highest BCUT2D eigenvalue weighted by molar-refractivity contribution is 6.01.